The lowest BCUT2D eigenvalue weighted by molar-refractivity contribution is -0.120. The molecule has 140 valence electrons. The minimum atomic E-state index is -0.0675. The largest absolute Gasteiger partial charge is 0.350 e. The maximum Gasteiger partial charge on any atom is 0.229 e. The minimum Gasteiger partial charge on any atom is -0.350 e. The molecule has 1 amide bonds. The zero-order valence-electron chi connectivity index (χ0n) is 16.1. The van der Waals surface area contributed by atoms with E-state index in [-0.39, 0.29) is 11.8 Å². The molecule has 1 N–H and O–H groups in total. The van der Waals surface area contributed by atoms with Gasteiger partial charge in [-0.3, -0.25) is 4.79 Å². The second kappa shape index (κ2) is 7.02. The minimum absolute atomic E-state index is 0.0675. The number of hydrogen-bond donors (Lipinski definition) is 1. The van der Waals surface area contributed by atoms with E-state index >= 15 is 0 Å². The van der Waals surface area contributed by atoms with Gasteiger partial charge in [-0.05, 0) is 51.0 Å². The molecule has 3 aromatic rings. The Balaban J connectivity index is 1.51. The summed E-state index contributed by atoms with van der Waals surface area (Å²) in [7, 11) is 2.01. The molecule has 0 radical (unpaired) electrons. The summed E-state index contributed by atoms with van der Waals surface area (Å²) in [5.41, 5.74) is 3.90. The summed E-state index contributed by atoms with van der Waals surface area (Å²) in [5.74, 6) is 0.734. The average molecular weight is 363 g/mol. The molecule has 0 unspecified atom stereocenters. The Hall–Kier alpha value is -2.89. The second-order valence-electron chi connectivity index (χ2n) is 7.39. The number of rotatable bonds is 3. The number of nitrogens with zero attached hydrogens (tertiary/aromatic N) is 4. The summed E-state index contributed by atoms with van der Waals surface area (Å²) in [6, 6.07) is 10.0. The van der Waals surface area contributed by atoms with Crippen LogP contribution in [0.2, 0.25) is 0 Å². The maximum absolute atomic E-state index is 12.9. The van der Waals surface area contributed by atoms with Crippen LogP contribution in [0, 0.1) is 19.8 Å². The number of nitrogens with one attached hydrogen (secondary N) is 1. The van der Waals surface area contributed by atoms with Crippen LogP contribution in [0.4, 0.5) is 11.6 Å². The SMILES string of the molecule is Cc1cc(C)nc(N2CCC[C@H](C(=O)Nc3cccc4c3ccn4C)C2)n1. The molecule has 0 aliphatic carbocycles. The zero-order valence-corrected chi connectivity index (χ0v) is 16.1. The summed E-state index contributed by atoms with van der Waals surface area (Å²) < 4.78 is 2.06. The number of hydrogen-bond acceptors (Lipinski definition) is 4. The summed E-state index contributed by atoms with van der Waals surface area (Å²) in [6.07, 6.45) is 3.86. The standard InChI is InChI=1S/C21H25N5O/c1-14-12-15(2)23-21(22-14)26-10-5-6-16(13-26)20(27)24-18-7-4-8-19-17(18)9-11-25(19)3/h4,7-9,11-12,16H,5-6,10,13H2,1-3H3,(H,24,27)/t16-/m0/s1. The van der Waals surface area contributed by atoms with Crippen LogP contribution >= 0.6 is 0 Å². The number of aryl methyl sites for hydroxylation is 3. The highest BCUT2D eigenvalue weighted by Gasteiger charge is 2.27. The first-order valence-electron chi connectivity index (χ1n) is 9.43. The van der Waals surface area contributed by atoms with Crippen LogP contribution in [0.25, 0.3) is 10.9 Å². The summed E-state index contributed by atoms with van der Waals surface area (Å²) in [6.45, 7) is 5.50. The first-order chi connectivity index (χ1) is 13.0. The Labute approximate surface area is 159 Å². The van der Waals surface area contributed by atoms with Crippen LogP contribution in [0.1, 0.15) is 24.2 Å². The van der Waals surface area contributed by atoms with E-state index in [9.17, 15) is 4.79 Å². The third kappa shape index (κ3) is 3.52. The molecule has 1 aliphatic heterocycles. The van der Waals surface area contributed by atoms with E-state index in [1.165, 1.54) is 0 Å². The Kier molecular flexibility index (Phi) is 4.56. The highest BCUT2D eigenvalue weighted by molar-refractivity contribution is 6.02. The molecule has 27 heavy (non-hydrogen) atoms. The molecule has 1 fully saturated rings. The Bertz CT molecular complexity index is 973. The fourth-order valence-electron chi connectivity index (χ4n) is 3.87. The Morgan fingerprint density at radius 2 is 1.96 bits per heavy atom. The topological polar surface area (TPSA) is 63.1 Å². The number of fused-ring (bicyclic) bond motifs is 1. The van der Waals surface area contributed by atoms with E-state index in [0.29, 0.717) is 6.54 Å². The number of benzene rings is 1. The van der Waals surface area contributed by atoms with Crippen molar-refractivity contribution >= 4 is 28.4 Å². The highest BCUT2D eigenvalue weighted by atomic mass is 16.1. The monoisotopic (exact) mass is 363 g/mol. The molecule has 2 aromatic heterocycles. The van der Waals surface area contributed by atoms with Gasteiger partial charge in [0.15, 0.2) is 0 Å². The molecule has 0 spiro atoms. The van der Waals surface area contributed by atoms with Crippen molar-refractivity contribution in [1.29, 1.82) is 0 Å². The van der Waals surface area contributed by atoms with E-state index in [2.05, 4.69) is 30.8 Å². The van der Waals surface area contributed by atoms with E-state index in [4.69, 9.17) is 0 Å². The van der Waals surface area contributed by atoms with Crippen molar-refractivity contribution in [2.45, 2.75) is 26.7 Å². The van der Waals surface area contributed by atoms with E-state index in [1.807, 2.05) is 51.4 Å². The molecule has 1 aromatic carbocycles. The Morgan fingerprint density at radius 3 is 2.74 bits per heavy atom. The molecular formula is C21H25N5O. The predicted molar refractivity (Wildman–Crippen MR) is 108 cm³/mol. The molecule has 1 saturated heterocycles. The van der Waals surface area contributed by atoms with E-state index < -0.39 is 0 Å². The first-order valence-corrected chi connectivity index (χ1v) is 9.43. The normalized spacial score (nSPS) is 17.3. The van der Waals surface area contributed by atoms with Gasteiger partial charge in [0.1, 0.15) is 0 Å². The number of amides is 1. The summed E-state index contributed by atoms with van der Waals surface area (Å²) in [4.78, 5) is 24.2. The van der Waals surface area contributed by atoms with Gasteiger partial charge in [0, 0.05) is 48.6 Å². The van der Waals surface area contributed by atoms with Crippen LogP contribution in [-0.4, -0.2) is 33.5 Å². The lowest BCUT2D eigenvalue weighted by Gasteiger charge is -2.32. The lowest BCUT2D eigenvalue weighted by atomic mass is 9.97. The molecular weight excluding hydrogens is 338 g/mol. The lowest BCUT2D eigenvalue weighted by Crippen LogP contribution is -2.41. The van der Waals surface area contributed by atoms with Crippen molar-refractivity contribution in [2.75, 3.05) is 23.3 Å². The van der Waals surface area contributed by atoms with Gasteiger partial charge in [0.05, 0.1) is 11.6 Å². The molecule has 4 rings (SSSR count). The predicted octanol–water partition coefficient (Wildman–Crippen LogP) is 3.44. The van der Waals surface area contributed by atoms with Crippen molar-refractivity contribution in [3.05, 3.63) is 47.9 Å². The van der Waals surface area contributed by atoms with E-state index in [1.54, 1.807) is 0 Å². The van der Waals surface area contributed by atoms with Crippen molar-refractivity contribution in [2.24, 2.45) is 13.0 Å². The van der Waals surface area contributed by atoms with E-state index in [0.717, 1.165) is 53.3 Å². The van der Waals surface area contributed by atoms with Gasteiger partial charge in [0.25, 0.3) is 0 Å². The molecule has 6 nitrogen and oxygen atoms in total. The number of carbonyl (C=O) groups excluding carboxylic acids is 1. The van der Waals surface area contributed by atoms with Crippen molar-refractivity contribution in [3.8, 4) is 0 Å². The van der Waals surface area contributed by atoms with Gasteiger partial charge in [0.2, 0.25) is 11.9 Å². The second-order valence-corrected chi connectivity index (χ2v) is 7.39. The van der Waals surface area contributed by atoms with Gasteiger partial charge >= 0.3 is 0 Å². The molecule has 1 aliphatic rings. The van der Waals surface area contributed by atoms with Crippen molar-refractivity contribution < 1.29 is 4.79 Å². The fraction of sp³-hybridized carbons (Fsp3) is 0.381. The van der Waals surface area contributed by atoms with Gasteiger partial charge in [-0.1, -0.05) is 6.07 Å². The molecule has 3 heterocycles. The smallest absolute Gasteiger partial charge is 0.229 e. The molecule has 0 saturated carbocycles. The van der Waals surface area contributed by atoms with Gasteiger partial charge in [-0.15, -0.1) is 0 Å². The van der Waals surface area contributed by atoms with Crippen molar-refractivity contribution in [1.82, 2.24) is 14.5 Å². The summed E-state index contributed by atoms with van der Waals surface area (Å²) in [5, 5.41) is 4.21. The molecule has 0 bridgehead atoms. The molecule has 6 heteroatoms. The first kappa shape index (κ1) is 17.5. The van der Waals surface area contributed by atoms with Crippen LogP contribution in [0.15, 0.2) is 36.5 Å². The highest BCUT2D eigenvalue weighted by Crippen LogP contribution is 2.26. The fourth-order valence-corrected chi connectivity index (χ4v) is 3.87. The quantitative estimate of drug-likeness (QED) is 0.774. The van der Waals surface area contributed by atoms with Crippen LogP contribution in [-0.2, 0) is 11.8 Å². The summed E-state index contributed by atoms with van der Waals surface area (Å²) >= 11 is 0. The average Bonchev–Trinajstić information content (AvgIpc) is 3.03. The Morgan fingerprint density at radius 1 is 1.19 bits per heavy atom. The number of anilines is 2. The van der Waals surface area contributed by atoms with Crippen LogP contribution < -0.4 is 10.2 Å². The number of aromatic nitrogens is 3. The van der Waals surface area contributed by atoms with Gasteiger partial charge in [-0.25, -0.2) is 9.97 Å². The van der Waals surface area contributed by atoms with Crippen LogP contribution in [0.5, 0.6) is 0 Å². The van der Waals surface area contributed by atoms with Gasteiger partial charge in [-0.2, -0.15) is 0 Å². The number of piperidine rings is 1. The van der Waals surface area contributed by atoms with Crippen LogP contribution in [0.3, 0.4) is 0 Å². The maximum atomic E-state index is 12.9. The van der Waals surface area contributed by atoms with Gasteiger partial charge < -0.3 is 14.8 Å². The molecule has 1 atom stereocenters. The van der Waals surface area contributed by atoms with Crippen molar-refractivity contribution in [3.63, 3.8) is 0 Å². The number of carbonyl (C=O) groups is 1. The third-order valence-electron chi connectivity index (χ3n) is 5.23. The zero-order chi connectivity index (χ0) is 19.0. The third-order valence-corrected chi connectivity index (χ3v) is 5.23.